The highest BCUT2D eigenvalue weighted by Crippen LogP contribution is 2.37. The Kier molecular flexibility index (Phi) is 4.42. The SMILES string of the molecule is Cn1cncc1-c1cncc(N2C[C@H]3CN(C(=O)OCc4ccccc4)C[C@H]32)c1. The van der Waals surface area contributed by atoms with Crippen LogP contribution in [0, 0.1) is 5.92 Å². The predicted molar refractivity (Wildman–Crippen MR) is 109 cm³/mol. The van der Waals surface area contributed by atoms with Gasteiger partial charge in [-0.25, -0.2) is 9.78 Å². The summed E-state index contributed by atoms with van der Waals surface area (Å²) in [6.07, 6.45) is 7.16. The molecule has 0 bridgehead atoms. The second-order valence-electron chi connectivity index (χ2n) is 7.75. The summed E-state index contributed by atoms with van der Waals surface area (Å²) in [6.45, 7) is 2.69. The molecule has 7 nitrogen and oxygen atoms in total. The lowest BCUT2D eigenvalue weighted by molar-refractivity contribution is 0.103. The molecular formula is C22H23N5O2. The molecule has 0 aliphatic carbocycles. The molecule has 0 unspecified atom stereocenters. The molecule has 2 atom stereocenters. The number of hydrogen-bond donors (Lipinski definition) is 0. The maximum atomic E-state index is 12.5. The van der Waals surface area contributed by atoms with Gasteiger partial charge in [0, 0.05) is 44.4 Å². The maximum Gasteiger partial charge on any atom is 0.410 e. The summed E-state index contributed by atoms with van der Waals surface area (Å²) in [5.74, 6) is 0.486. The molecular weight excluding hydrogens is 366 g/mol. The molecule has 2 aliphatic heterocycles. The van der Waals surface area contributed by atoms with Gasteiger partial charge in [0.25, 0.3) is 0 Å². The number of ether oxygens (including phenoxy) is 1. The van der Waals surface area contributed by atoms with E-state index in [4.69, 9.17) is 4.74 Å². The zero-order valence-corrected chi connectivity index (χ0v) is 16.3. The average molecular weight is 389 g/mol. The van der Waals surface area contributed by atoms with E-state index in [0.717, 1.165) is 35.6 Å². The summed E-state index contributed by atoms with van der Waals surface area (Å²) in [6, 6.07) is 12.3. The minimum atomic E-state index is -0.232. The number of aryl methyl sites for hydroxylation is 1. The number of nitrogens with zero attached hydrogens (tertiary/aromatic N) is 5. The van der Waals surface area contributed by atoms with E-state index in [1.165, 1.54) is 0 Å². The van der Waals surface area contributed by atoms with Crippen molar-refractivity contribution in [3.63, 3.8) is 0 Å². The smallest absolute Gasteiger partial charge is 0.410 e. The van der Waals surface area contributed by atoms with E-state index in [1.54, 1.807) is 6.33 Å². The predicted octanol–water partition coefficient (Wildman–Crippen LogP) is 2.94. The normalized spacial score (nSPS) is 20.3. The topological polar surface area (TPSA) is 63.5 Å². The summed E-state index contributed by atoms with van der Waals surface area (Å²) in [5.41, 5.74) is 4.17. The van der Waals surface area contributed by atoms with Crippen molar-refractivity contribution in [3.8, 4) is 11.3 Å². The Morgan fingerprint density at radius 1 is 1.10 bits per heavy atom. The number of anilines is 1. The van der Waals surface area contributed by atoms with E-state index in [1.807, 2.05) is 65.4 Å². The molecule has 0 radical (unpaired) electrons. The molecule has 7 heteroatoms. The second-order valence-corrected chi connectivity index (χ2v) is 7.75. The van der Waals surface area contributed by atoms with Gasteiger partial charge in [-0.05, 0) is 11.6 Å². The zero-order chi connectivity index (χ0) is 19.8. The van der Waals surface area contributed by atoms with Gasteiger partial charge < -0.3 is 19.1 Å². The summed E-state index contributed by atoms with van der Waals surface area (Å²) in [5, 5.41) is 0. The maximum absolute atomic E-state index is 12.5. The lowest BCUT2D eigenvalue weighted by Crippen LogP contribution is -2.55. The summed E-state index contributed by atoms with van der Waals surface area (Å²) >= 11 is 0. The first-order chi connectivity index (χ1) is 14.2. The van der Waals surface area contributed by atoms with Crippen LogP contribution in [0.3, 0.4) is 0 Å². The monoisotopic (exact) mass is 389 g/mol. The Morgan fingerprint density at radius 3 is 2.76 bits per heavy atom. The van der Waals surface area contributed by atoms with Crippen molar-refractivity contribution in [3.05, 3.63) is 66.9 Å². The molecule has 148 valence electrons. The first-order valence-electron chi connectivity index (χ1n) is 9.83. The molecule has 0 spiro atoms. The minimum absolute atomic E-state index is 0.232. The number of carbonyl (C=O) groups excluding carboxylic acids is 1. The zero-order valence-electron chi connectivity index (χ0n) is 16.3. The number of pyridine rings is 1. The van der Waals surface area contributed by atoms with Crippen molar-refractivity contribution in [2.24, 2.45) is 13.0 Å². The van der Waals surface area contributed by atoms with Crippen LogP contribution in [0.2, 0.25) is 0 Å². The molecule has 2 aromatic heterocycles. The third-order valence-electron chi connectivity index (χ3n) is 5.87. The molecule has 5 rings (SSSR count). The van der Waals surface area contributed by atoms with Crippen molar-refractivity contribution < 1.29 is 9.53 Å². The average Bonchev–Trinajstić information content (AvgIpc) is 3.31. The number of rotatable bonds is 4. The van der Waals surface area contributed by atoms with Crippen LogP contribution in [-0.4, -0.2) is 51.2 Å². The van der Waals surface area contributed by atoms with Gasteiger partial charge in [-0.2, -0.15) is 0 Å². The van der Waals surface area contributed by atoms with Crippen molar-refractivity contribution in [2.75, 3.05) is 24.5 Å². The van der Waals surface area contributed by atoms with E-state index >= 15 is 0 Å². The summed E-state index contributed by atoms with van der Waals surface area (Å²) in [4.78, 5) is 25.3. The number of carbonyl (C=O) groups is 1. The van der Waals surface area contributed by atoms with E-state index < -0.39 is 0 Å². The van der Waals surface area contributed by atoms with Crippen molar-refractivity contribution >= 4 is 11.8 Å². The highest BCUT2D eigenvalue weighted by molar-refractivity contribution is 5.70. The fourth-order valence-electron chi connectivity index (χ4n) is 4.25. The number of imidazole rings is 1. The van der Waals surface area contributed by atoms with Gasteiger partial charge in [0.15, 0.2) is 0 Å². The van der Waals surface area contributed by atoms with Crippen LogP contribution in [0.1, 0.15) is 5.56 Å². The van der Waals surface area contributed by atoms with Crippen LogP contribution < -0.4 is 4.90 Å². The minimum Gasteiger partial charge on any atom is -0.445 e. The van der Waals surface area contributed by atoms with Gasteiger partial charge in [-0.1, -0.05) is 30.3 Å². The molecule has 2 fully saturated rings. The molecule has 0 N–H and O–H groups in total. The highest BCUT2D eigenvalue weighted by atomic mass is 16.6. The molecule has 2 aliphatic rings. The van der Waals surface area contributed by atoms with E-state index in [9.17, 15) is 4.79 Å². The Bertz CT molecular complexity index is 1020. The number of fused-ring (bicyclic) bond motifs is 1. The fraction of sp³-hybridized carbons (Fsp3) is 0.318. The Balaban J connectivity index is 1.23. The van der Waals surface area contributed by atoms with Gasteiger partial charge in [0.2, 0.25) is 0 Å². The number of benzene rings is 1. The lowest BCUT2D eigenvalue weighted by Gasteiger charge is -2.45. The van der Waals surface area contributed by atoms with E-state index in [0.29, 0.717) is 25.1 Å². The van der Waals surface area contributed by atoms with Gasteiger partial charge in [0.1, 0.15) is 6.61 Å². The Labute approximate surface area is 169 Å². The van der Waals surface area contributed by atoms with Crippen LogP contribution in [0.4, 0.5) is 10.5 Å². The molecule has 29 heavy (non-hydrogen) atoms. The van der Waals surface area contributed by atoms with Gasteiger partial charge in [-0.3, -0.25) is 4.98 Å². The molecule has 4 heterocycles. The first-order valence-corrected chi connectivity index (χ1v) is 9.83. The van der Waals surface area contributed by atoms with E-state index in [-0.39, 0.29) is 6.09 Å². The largest absolute Gasteiger partial charge is 0.445 e. The van der Waals surface area contributed by atoms with Crippen LogP contribution in [0.15, 0.2) is 61.3 Å². The van der Waals surface area contributed by atoms with Gasteiger partial charge in [-0.15, -0.1) is 0 Å². The number of likely N-dealkylation sites (tertiary alicyclic amines) is 1. The van der Waals surface area contributed by atoms with Crippen LogP contribution in [-0.2, 0) is 18.4 Å². The molecule has 1 aromatic carbocycles. The molecule has 1 amide bonds. The van der Waals surface area contributed by atoms with Crippen LogP contribution in [0.5, 0.6) is 0 Å². The number of amides is 1. The Hall–Kier alpha value is -3.35. The van der Waals surface area contributed by atoms with Gasteiger partial charge in [0.05, 0.1) is 36.1 Å². The molecule has 0 saturated carbocycles. The van der Waals surface area contributed by atoms with Crippen LogP contribution >= 0.6 is 0 Å². The first kappa shape index (κ1) is 17.7. The van der Waals surface area contributed by atoms with Crippen molar-refractivity contribution in [1.82, 2.24) is 19.4 Å². The fourth-order valence-corrected chi connectivity index (χ4v) is 4.25. The lowest BCUT2D eigenvalue weighted by atomic mass is 9.91. The van der Waals surface area contributed by atoms with E-state index in [2.05, 4.69) is 20.9 Å². The quantitative estimate of drug-likeness (QED) is 0.687. The van der Waals surface area contributed by atoms with Crippen LogP contribution in [0.25, 0.3) is 11.3 Å². The number of hydrogen-bond acceptors (Lipinski definition) is 5. The molecule has 2 saturated heterocycles. The third-order valence-corrected chi connectivity index (χ3v) is 5.87. The van der Waals surface area contributed by atoms with Gasteiger partial charge >= 0.3 is 6.09 Å². The second kappa shape index (κ2) is 7.24. The highest BCUT2D eigenvalue weighted by Gasteiger charge is 2.47. The summed E-state index contributed by atoms with van der Waals surface area (Å²) in [7, 11) is 1.98. The third kappa shape index (κ3) is 3.33. The van der Waals surface area contributed by atoms with Crippen molar-refractivity contribution in [1.29, 1.82) is 0 Å². The number of aromatic nitrogens is 3. The van der Waals surface area contributed by atoms with Crippen molar-refractivity contribution in [2.45, 2.75) is 12.6 Å². The Morgan fingerprint density at radius 2 is 1.97 bits per heavy atom. The molecule has 3 aromatic rings. The summed E-state index contributed by atoms with van der Waals surface area (Å²) < 4.78 is 7.49. The standard InChI is InChI=1S/C22H23N5O2/c1-25-15-24-10-20(25)17-7-19(9-23-8-17)27-12-18-11-26(13-21(18)27)22(28)29-14-16-5-3-2-4-6-16/h2-10,15,18,21H,11-14H2,1H3/t18-,21-/m1/s1.